The predicted octanol–water partition coefficient (Wildman–Crippen LogP) is 0.975. The first-order chi connectivity index (χ1) is 12.6. The lowest BCUT2D eigenvalue weighted by molar-refractivity contribution is -0.120. The van der Waals surface area contributed by atoms with Gasteiger partial charge in [0.05, 0.1) is 11.6 Å². The number of rotatable bonds is 2. The summed E-state index contributed by atoms with van der Waals surface area (Å²) in [7, 11) is 1.99. The van der Waals surface area contributed by atoms with Crippen LogP contribution in [0, 0.1) is 11.7 Å². The fraction of sp³-hybridized carbons (Fsp3) is 0.556. The molecule has 0 spiro atoms. The van der Waals surface area contributed by atoms with E-state index in [1.165, 1.54) is 6.07 Å². The summed E-state index contributed by atoms with van der Waals surface area (Å²) >= 11 is 0. The Balaban J connectivity index is 1.40. The largest absolute Gasteiger partial charge is 0.362 e. The van der Waals surface area contributed by atoms with Crippen molar-refractivity contribution in [3.05, 3.63) is 29.8 Å². The zero-order chi connectivity index (χ0) is 18.1. The number of fused-ring (bicyclic) bond motifs is 1. The number of piperidine rings is 1. The van der Waals surface area contributed by atoms with Crippen LogP contribution in [0.4, 0.5) is 4.39 Å². The number of aromatic nitrogens is 1. The van der Waals surface area contributed by atoms with Crippen molar-refractivity contribution >= 4 is 17.7 Å². The minimum atomic E-state index is -0.269. The monoisotopic (exact) mass is 358 g/mol. The molecular weight excluding hydrogens is 335 g/mol. The van der Waals surface area contributed by atoms with Crippen LogP contribution < -0.4 is 0 Å². The van der Waals surface area contributed by atoms with Crippen LogP contribution in [-0.2, 0) is 11.3 Å². The molecule has 4 rings (SSSR count). The van der Waals surface area contributed by atoms with Crippen molar-refractivity contribution in [3.8, 4) is 0 Å². The van der Waals surface area contributed by atoms with Crippen LogP contribution >= 0.6 is 0 Å². The number of hydrogen-bond donors (Lipinski definition) is 0. The van der Waals surface area contributed by atoms with Crippen molar-refractivity contribution in [1.29, 1.82) is 0 Å². The number of carbonyl (C=O) groups excluding carboxylic acids is 1. The second kappa shape index (κ2) is 7.11. The van der Waals surface area contributed by atoms with Crippen LogP contribution in [0.15, 0.2) is 28.3 Å². The van der Waals surface area contributed by atoms with E-state index in [9.17, 15) is 9.18 Å². The van der Waals surface area contributed by atoms with E-state index < -0.39 is 0 Å². The number of carbonyl (C=O) groups is 1. The number of nitrogens with zero attached hydrogens (tertiary/aromatic N) is 6. The molecule has 0 bridgehead atoms. The van der Waals surface area contributed by atoms with Gasteiger partial charge in [0.15, 0.2) is 0 Å². The van der Waals surface area contributed by atoms with Crippen LogP contribution in [0.3, 0.4) is 0 Å². The molecule has 2 fully saturated rings. The van der Waals surface area contributed by atoms with Crippen LogP contribution in [0.1, 0.15) is 18.5 Å². The van der Waals surface area contributed by atoms with Crippen molar-refractivity contribution in [2.45, 2.75) is 19.4 Å². The number of amides is 1. The summed E-state index contributed by atoms with van der Waals surface area (Å²) in [4.78, 5) is 31.7. The van der Waals surface area contributed by atoms with E-state index in [4.69, 9.17) is 0 Å². The standard InChI is InChI=1S/C18H23FN6O/c1-23-7-3-4-13-16(23)21-18(22-17(13)26)25-10-8-24(9-11-25)12-15-14(19)5-2-6-20-15/h2,5-6,13H,3-4,7-12H2,1H3. The highest BCUT2D eigenvalue weighted by Gasteiger charge is 2.35. The minimum absolute atomic E-state index is 0.0745. The van der Waals surface area contributed by atoms with Crippen molar-refractivity contribution in [2.75, 3.05) is 39.8 Å². The van der Waals surface area contributed by atoms with Gasteiger partial charge in [-0.3, -0.25) is 14.7 Å². The zero-order valence-electron chi connectivity index (χ0n) is 14.9. The summed E-state index contributed by atoms with van der Waals surface area (Å²) in [6.45, 7) is 4.36. The number of likely N-dealkylation sites (tertiary alicyclic amines) is 1. The Hall–Kier alpha value is -2.35. The highest BCUT2D eigenvalue weighted by atomic mass is 19.1. The van der Waals surface area contributed by atoms with Gasteiger partial charge in [-0.1, -0.05) is 0 Å². The Morgan fingerprint density at radius 2 is 2.00 bits per heavy atom. The quantitative estimate of drug-likeness (QED) is 0.788. The topological polar surface area (TPSA) is 64.4 Å². The number of amidine groups is 1. The van der Waals surface area contributed by atoms with Crippen molar-refractivity contribution in [1.82, 2.24) is 19.7 Å². The Bertz CT molecular complexity index is 756. The molecule has 4 heterocycles. The zero-order valence-corrected chi connectivity index (χ0v) is 14.9. The molecule has 0 saturated carbocycles. The third kappa shape index (κ3) is 3.33. The lowest BCUT2D eigenvalue weighted by Crippen LogP contribution is -2.51. The molecule has 1 aromatic heterocycles. The van der Waals surface area contributed by atoms with Crippen LogP contribution in [0.5, 0.6) is 0 Å². The molecule has 1 unspecified atom stereocenters. The first-order valence-electron chi connectivity index (χ1n) is 9.11. The van der Waals surface area contributed by atoms with E-state index in [-0.39, 0.29) is 17.6 Å². The summed E-state index contributed by atoms with van der Waals surface area (Å²) < 4.78 is 13.8. The number of hydrogen-bond acceptors (Lipinski definition) is 6. The molecule has 0 radical (unpaired) electrons. The smallest absolute Gasteiger partial charge is 0.259 e. The molecule has 1 atom stereocenters. The van der Waals surface area contributed by atoms with E-state index in [2.05, 4.69) is 29.7 Å². The fourth-order valence-electron chi connectivity index (χ4n) is 3.74. The van der Waals surface area contributed by atoms with Crippen molar-refractivity contribution in [3.63, 3.8) is 0 Å². The van der Waals surface area contributed by atoms with Gasteiger partial charge in [-0.05, 0) is 25.0 Å². The summed E-state index contributed by atoms with van der Waals surface area (Å²) in [5.74, 6) is 0.860. The second-order valence-electron chi connectivity index (χ2n) is 7.03. The number of piperazine rings is 1. The number of halogens is 1. The van der Waals surface area contributed by atoms with Gasteiger partial charge in [0.2, 0.25) is 5.96 Å². The minimum Gasteiger partial charge on any atom is -0.362 e. The highest BCUT2D eigenvalue weighted by molar-refractivity contribution is 6.14. The summed E-state index contributed by atoms with van der Waals surface area (Å²) in [6.07, 6.45) is 3.45. The number of pyridine rings is 1. The van der Waals surface area contributed by atoms with Gasteiger partial charge >= 0.3 is 0 Å². The summed E-state index contributed by atoms with van der Waals surface area (Å²) in [5.41, 5.74) is 0.470. The first-order valence-corrected chi connectivity index (χ1v) is 9.11. The molecule has 1 amide bonds. The van der Waals surface area contributed by atoms with E-state index in [1.54, 1.807) is 12.3 Å². The Labute approximate surface area is 152 Å². The third-order valence-electron chi connectivity index (χ3n) is 5.28. The molecule has 0 N–H and O–H groups in total. The number of guanidine groups is 1. The lowest BCUT2D eigenvalue weighted by Gasteiger charge is -2.38. The molecule has 138 valence electrons. The van der Waals surface area contributed by atoms with Gasteiger partial charge in [-0.2, -0.15) is 9.98 Å². The molecule has 3 aliphatic rings. The third-order valence-corrected chi connectivity index (χ3v) is 5.28. The maximum Gasteiger partial charge on any atom is 0.259 e. The second-order valence-corrected chi connectivity index (χ2v) is 7.03. The maximum atomic E-state index is 13.8. The van der Waals surface area contributed by atoms with E-state index in [0.717, 1.165) is 38.3 Å². The van der Waals surface area contributed by atoms with E-state index >= 15 is 0 Å². The Morgan fingerprint density at radius 3 is 2.77 bits per heavy atom. The average Bonchev–Trinajstić information content (AvgIpc) is 2.65. The highest BCUT2D eigenvalue weighted by Crippen LogP contribution is 2.23. The van der Waals surface area contributed by atoms with Crippen LogP contribution in [0.25, 0.3) is 0 Å². The first kappa shape index (κ1) is 17.1. The van der Waals surface area contributed by atoms with Gasteiger partial charge in [-0.15, -0.1) is 0 Å². The summed E-state index contributed by atoms with van der Waals surface area (Å²) in [5, 5.41) is 0. The molecule has 1 aromatic rings. The van der Waals surface area contributed by atoms with Crippen molar-refractivity contribution in [2.24, 2.45) is 15.9 Å². The Morgan fingerprint density at radius 1 is 1.19 bits per heavy atom. The van der Waals surface area contributed by atoms with Crippen LogP contribution in [0.2, 0.25) is 0 Å². The fourth-order valence-corrected chi connectivity index (χ4v) is 3.74. The van der Waals surface area contributed by atoms with Crippen LogP contribution in [-0.4, -0.2) is 77.2 Å². The molecule has 7 nitrogen and oxygen atoms in total. The number of aliphatic imine (C=N–C) groups is 2. The molecular formula is C18H23FN6O. The average molecular weight is 358 g/mol. The lowest BCUT2D eigenvalue weighted by atomic mass is 9.95. The normalized spacial score (nSPS) is 24.2. The van der Waals surface area contributed by atoms with Gasteiger partial charge in [0.25, 0.3) is 5.91 Å². The van der Waals surface area contributed by atoms with Gasteiger partial charge in [-0.25, -0.2) is 4.39 Å². The Kier molecular flexibility index (Phi) is 4.67. The molecule has 2 saturated heterocycles. The molecule has 26 heavy (non-hydrogen) atoms. The van der Waals surface area contributed by atoms with E-state index in [1.807, 2.05) is 7.05 Å². The van der Waals surface area contributed by atoms with Gasteiger partial charge in [0, 0.05) is 52.5 Å². The van der Waals surface area contributed by atoms with Gasteiger partial charge in [0.1, 0.15) is 11.7 Å². The van der Waals surface area contributed by atoms with Gasteiger partial charge < -0.3 is 9.80 Å². The summed E-state index contributed by atoms with van der Waals surface area (Å²) in [6, 6.07) is 3.04. The molecule has 0 aliphatic carbocycles. The molecule has 8 heteroatoms. The SMILES string of the molecule is CN1CCCC2C(=O)N=C(N3CCN(Cc4ncccc4F)CC3)N=C21. The van der Waals surface area contributed by atoms with Crippen molar-refractivity contribution < 1.29 is 9.18 Å². The molecule has 0 aromatic carbocycles. The maximum absolute atomic E-state index is 13.8. The van der Waals surface area contributed by atoms with E-state index in [0.29, 0.717) is 31.3 Å². The predicted molar refractivity (Wildman–Crippen MR) is 96.3 cm³/mol. The molecule has 3 aliphatic heterocycles.